The first-order valence-corrected chi connectivity index (χ1v) is 3.39. The summed E-state index contributed by atoms with van der Waals surface area (Å²) in [6.45, 7) is 5.48. The number of hydrogen-bond donors (Lipinski definition) is 1. The van der Waals surface area contributed by atoms with E-state index < -0.39 is 5.97 Å². The van der Waals surface area contributed by atoms with Gasteiger partial charge >= 0.3 is 5.97 Å². The lowest BCUT2D eigenvalue weighted by molar-refractivity contribution is -0.137. The fourth-order valence-electron chi connectivity index (χ4n) is 0.415. The van der Waals surface area contributed by atoms with Gasteiger partial charge in [0.1, 0.15) is 5.76 Å². The van der Waals surface area contributed by atoms with Gasteiger partial charge in [-0.2, -0.15) is 0 Å². The summed E-state index contributed by atoms with van der Waals surface area (Å²) < 4.78 is 4.66. The Kier molecular flexibility index (Phi) is 4.90. The van der Waals surface area contributed by atoms with E-state index in [1.165, 1.54) is 6.08 Å². The van der Waals surface area contributed by atoms with Gasteiger partial charge in [-0.15, -0.1) is 0 Å². The maximum atomic E-state index is 10.6. The van der Waals surface area contributed by atoms with Gasteiger partial charge in [-0.3, -0.25) is 0 Å². The Hall–Kier alpha value is -1.25. The summed E-state index contributed by atoms with van der Waals surface area (Å²) >= 11 is 0. The van der Waals surface area contributed by atoms with Crippen molar-refractivity contribution in [1.29, 1.82) is 0 Å². The third-order valence-corrected chi connectivity index (χ3v) is 0.860. The maximum absolute atomic E-state index is 10.6. The van der Waals surface area contributed by atoms with Gasteiger partial charge in [0.2, 0.25) is 0 Å². The molecule has 62 valence electrons. The van der Waals surface area contributed by atoms with Crippen LogP contribution < -0.4 is 0 Å². The lowest BCUT2D eigenvalue weighted by Gasteiger charge is -1.96. The van der Waals surface area contributed by atoms with Gasteiger partial charge in [-0.25, -0.2) is 4.79 Å². The average molecular weight is 156 g/mol. The molecule has 0 unspecified atom stereocenters. The molecule has 0 spiro atoms. The molecule has 0 aromatic rings. The Morgan fingerprint density at radius 2 is 2.27 bits per heavy atom. The van der Waals surface area contributed by atoms with E-state index in [4.69, 9.17) is 5.11 Å². The average Bonchev–Trinajstić information content (AvgIpc) is 1.97. The van der Waals surface area contributed by atoms with Crippen LogP contribution in [0.3, 0.4) is 0 Å². The van der Waals surface area contributed by atoms with Crippen LogP contribution in [0.5, 0.6) is 0 Å². The normalized spacial score (nSPS) is 9.91. The zero-order chi connectivity index (χ0) is 8.69. The number of hydrogen-bond acceptors (Lipinski definition) is 3. The molecule has 0 rings (SSSR count). The minimum atomic E-state index is -0.456. The molecular formula is C8H12O3. The number of esters is 1. The molecule has 0 aromatic carbocycles. The highest BCUT2D eigenvalue weighted by Gasteiger charge is 1.93. The Morgan fingerprint density at radius 3 is 2.73 bits per heavy atom. The number of allylic oxidation sites excluding steroid dienone is 1. The second-order valence-electron chi connectivity index (χ2n) is 1.99. The van der Waals surface area contributed by atoms with E-state index in [0.29, 0.717) is 6.61 Å². The van der Waals surface area contributed by atoms with Crippen molar-refractivity contribution >= 4 is 5.97 Å². The summed E-state index contributed by atoms with van der Waals surface area (Å²) in [6.07, 6.45) is 3.12. The molecule has 0 aliphatic carbocycles. The highest BCUT2D eigenvalue weighted by atomic mass is 16.5. The largest absolute Gasteiger partial charge is 0.509 e. The van der Waals surface area contributed by atoms with Gasteiger partial charge in [0.25, 0.3) is 0 Å². The summed E-state index contributed by atoms with van der Waals surface area (Å²) in [5.41, 5.74) is 0. The van der Waals surface area contributed by atoms with Crippen LogP contribution in [0.4, 0.5) is 0 Å². The van der Waals surface area contributed by atoms with Crippen LogP contribution in [0, 0.1) is 0 Å². The van der Waals surface area contributed by atoms with Crippen LogP contribution >= 0.6 is 0 Å². The molecule has 0 atom stereocenters. The van der Waals surface area contributed by atoms with Crippen molar-refractivity contribution in [1.82, 2.24) is 0 Å². The standard InChI is InChI=1S/C8H12O3/c1-3-6-11-8(10)5-4-7(2)9/h4-5,9H,2-3,6H2,1H3/b5-4-. The molecule has 0 aromatic heterocycles. The predicted octanol–water partition coefficient (Wildman–Crippen LogP) is 1.57. The van der Waals surface area contributed by atoms with Gasteiger partial charge in [0.15, 0.2) is 0 Å². The van der Waals surface area contributed by atoms with E-state index in [9.17, 15) is 4.79 Å². The molecule has 0 saturated carbocycles. The minimum Gasteiger partial charge on any atom is -0.509 e. The number of carbonyl (C=O) groups excluding carboxylic acids is 1. The van der Waals surface area contributed by atoms with Crippen molar-refractivity contribution in [3.8, 4) is 0 Å². The molecule has 1 N–H and O–H groups in total. The molecule has 0 fully saturated rings. The Balaban J connectivity index is 3.60. The van der Waals surface area contributed by atoms with Crippen molar-refractivity contribution in [2.24, 2.45) is 0 Å². The molecule has 3 nitrogen and oxygen atoms in total. The molecule has 0 heterocycles. The van der Waals surface area contributed by atoms with Crippen molar-refractivity contribution in [2.45, 2.75) is 13.3 Å². The zero-order valence-electron chi connectivity index (χ0n) is 6.54. The molecule has 0 radical (unpaired) electrons. The van der Waals surface area contributed by atoms with Crippen LogP contribution in [0.15, 0.2) is 24.5 Å². The van der Waals surface area contributed by atoms with Gasteiger partial charge in [0.05, 0.1) is 6.61 Å². The third-order valence-electron chi connectivity index (χ3n) is 0.860. The van der Waals surface area contributed by atoms with Crippen LogP contribution in [0.25, 0.3) is 0 Å². The molecular weight excluding hydrogens is 144 g/mol. The second kappa shape index (κ2) is 5.53. The summed E-state index contributed by atoms with van der Waals surface area (Å²) in [4.78, 5) is 10.6. The van der Waals surface area contributed by atoms with Crippen LogP contribution in [0.2, 0.25) is 0 Å². The van der Waals surface area contributed by atoms with Crippen molar-refractivity contribution in [3.63, 3.8) is 0 Å². The number of carbonyl (C=O) groups is 1. The first kappa shape index (κ1) is 9.75. The Labute approximate surface area is 66.0 Å². The number of ether oxygens (including phenoxy) is 1. The van der Waals surface area contributed by atoms with E-state index in [0.717, 1.165) is 12.5 Å². The van der Waals surface area contributed by atoms with E-state index in [1.54, 1.807) is 0 Å². The van der Waals surface area contributed by atoms with E-state index in [2.05, 4.69) is 11.3 Å². The van der Waals surface area contributed by atoms with E-state index in [1.807, 2.05) is 6.92 Å². The second-order valence-corrected chi connectivity index (χ2v) is 1.99. The van der Waals surface area contributed by atoms with E-state index >= 15 is 0 Å². The SMILES string of the molecule is C=C(O)/C=C\C(=O)OCCC. The van der Waals surface area contributed by atoms with Gasteiger partial charge < -0.3 is 9.84 Å². The number of aliphatic hydroxyl groups is 1. The summed E-state index contributed by atoms with van der Waals surface area (Å²) in [6, 6.07) is 0. The molecule has 0 aliphatic rings. The van der Waals surface area contributed by atoms with Gasteiger partial charge in [-0.05, 0) is 12.5 Å². The van der Waals surface area contributed by atoms with Crippen molar-refractivity contribution < 1.29 is 14.6 Å². The summed E-state index contributed by atoms with van der Waals surface area (Å²) in [5.74, 6) is -0.611. The predicted molar refractivity (Wildman–Crippen MR) is 42.2 cm³/mol. The van der Waals surface area contributed by atoms with Crippen LogP contribution in [-0.2, 0) is 9.53 Å². The first-order chi connectivity index (χ1) is 5.16. The number of aliphatic hydroxyl groups excluding tert-OH is 1. The molecule has 0 bridgehead atoms. The highest BCUT2D eigenvalue weighted by Crippen LogP contribution is 1.88. The van der Waals surface area contributed by atoms with Crippen molar-refractivity contribution in [3.05, 3.63) is 24.5 Å². The summed E-state index contributed by atoms with van der Waals surface area (Å²) in [7, 11) is 0. The monoisotopic (exact) mass is 156 g/mol. The third kappa shape index (κ3) is 6.64. The fraction of sp³-hybridized carbons (Fsp3) is 0.375. The van der Waals surface area contributed by atoms with E-state index in [-0.39, 0.29) is 5.76 Å². The Morgan fingerprint density at radius 1 is 1.64 bits per heavy atom. The maximum Gasteiger partial charge on any atom is 0.330 e. The van der Waals surface area contributed by atoms with Gasteiger partial charge in [0, 0.05) is 6.08 Å². The molecule has 0 saturated heterocycles. The lowest BCUT2D eigenvalue weighted by Crippen LogP contribution is -2.00. The minimum absolute atomic E-state index is 0.154. The summed E-state index contributed by atoms with van der Waals surface area (Å²) in [5, 5.41) is 8.54. The van der Waals surface area contributed by atoms with Crippen molar-refractivity contribution in [2.75, 3.05) is 6.61 Å². The smallest absolute Gasteiger partial charge is 0.330 e. The Bertz CT molecular complexity index is 170. The first-order valence-electron chi connectivity index (χ1n) is 3.39. The highest BCUT2D eigenvalue weighted by molar-refractivity contribution is 5.82. The fourth-order valence-corrected chi connectivity index (χ4v) is 0.415. The topological polar surface area (TPSA) is 46.5 Å². The molecule has 0 aliphatic heterocycles. The van der Waals surface area contributed by atoms with Crippen LogP contribution in [-0.4, -0.2) is 17.7 Å². The van der Waals surface area contributed by atoms with Crippen LogP contribution in [0.1, 0.15) is 13.3 Å². The van der Waals surface area contributed by atoms with Gasteiger partial charge in [-0.1, -0.05) is 13.5 Å². The zero-order valence-corrected chi connectivity index (χ0v) is 6.54. The molecule has 3 heteroatoms. The molecule has 11 heavy (non-hydrogen) atoms. The lowest BCUT2D eigenvalue weighted by atomic mass is 10.4. The molecule has 0 amide bonds. The quantitative estimate of drug-likeness (QED) is 0.291. The number of rotatable bonds is 4.